The maximum atomic E-state index is 12.5. The Morgan fingerprint density at radius 3 is 2.85 bits per heavy atom. The Morgan fingerprint density at radius 2 is 2.11 bits per heavy atom. The third-order valence-electron chi connectivity index (χ3n) is 3.80. The van der Waals surface area contributed by atoms with Gasteiger partial charge in [-0.1, -0.05) is 12.1 Å². The average molecular weight is 387 g/mol. The van der Waals surface area contributed by atoms with E-state index in [1.165, 1.54) is 29.5 Å². The highest BCUT2D eigenvalue weighted by atomic mass is 32.2. The van der Waals surface area contributed by atoms with Crippen LogP contribution in [-0.4, -0.2) is 38.8 Å². The Morgan fingerprint density at radius 1 is 1.33 bits per heavy atom. The monoisotopic (exact) mass is 387 g/mol. The van der Waals surface area contributed by atoms with Crippen LogP contribution in [0.5, 0.6) is 0 Å². The number of amides is 1. The fourth-order valence-electron chi connectivity index (χ4n) is 2.58. The van der Waals surface area contributed by atoms with Gasteiger partial charge >= 0.3 is 0 Å². The van der Waals surface area contributed by atoms with Crippen molar-refractivity contribution in [2.45, 2.75) is 30.5 Å². The lowest BCUT2D eigenvalue weighted by Crippen LogP contribution is -2.22. The second-order valence-corrected chi connectivity index (χ2v) is 7.20. The van der Waals surface area contributed by atoms with Gasteiger partial charge in [0.25, 0.3) is 11.3 Å². The van der Waals surface area contributed by atoms with Gasteiger partial charge in [0.1, 0.15) is 12.9 Å². The van der Waals surface area contributed by atoms with E-state index in [0.717, 1.165) is 4.90 Å². The van der Waals surface area contributed by atoms with Crippen molar-refractivity contribution in [3.8, 4) is 0 Å². The van der Waals surface area contributed by atoms with Crippen molar-refractivity contribution in [2.24, 2.45) is 0 Å². The van der Waals surface area contributed by atoms with Crippen LogP contribution in [0.3, 0.4) is 0 Å². The topological polar surface area (TPSA) is 90.5 Å². The van der Waals surface area contributed by atoms with Gasteiger partial charge in [-0.15, -0.1) is 11.8 Å². The highest BCUT2D eigenvalue weighted by Crippen LogP contribution is 2.29. The molecule has 3 rings (SSSR count). The third-order valence-corrected chi connectivity index (χ3v) is 4.90. The fraction of sp³-hybridized carbons (Fsp3) is 0.333. The van der Waals surface area contributed by atoms with E-state index in [1.54, 1.807) is 11.0 Å². The standard InChI is InChI=1S/C18H21N5O3S/c1-12(2)22-11-19-18-20-13(8-17(25)23(18)22)10-27-15-7-5-4-6-14(15)21-16(24)9-26-3/h4-8,11-12H,9-10H2,1-3H3,(H,21,24). The number of rotatable bonds is 7. The van der Waals surface area contributed by atoms with Gasteiger partial charge in [-0.3, -0.25) is 14.3 Å². The highest BCUT2D eigenvalue weighted by molar-refractivity contribution is 7.98. The first-order chi connectivity index (χ1) is 13.0. The maximum absolute atomic E-state index is 12.5. The van der Waals surface area contributed by atoms with Crippen LogP contribution in [0, 0.1) is 0 Å². The summed E-state index contributed by atoms with van der Waals surface area (Å²) in [6, 6.07) is 9.10. The van der Waals surface area contributed by atoms with Gasteiger partial charge in [0.15, 0.2) is 0 Å². The van der Waals surface area contributed by atoms with Crippen molar-refractivity contribution in [1.29, 1.82) is 0 Å². The predicted molar refractivity (Wildman–Crippen MR) is 104 cm³/mol. The van der Waals surface area contributed by atoms with Gasteiger partial charge < -0.3 is 10.1 Å². The van der Waals surface area contributed by atoms with Crippen molar-refractivity contribution < 1.29 is 9.53 Å². The predicted octanol–water partition coefficient (Wildman–Crippen LogP) is 2.35. The molecule has 9 heteroatoms. The molecule has 0 aliphatic rings. The van der Waals surface area contributed by atoms with Crippen molar-refractivity contribution >= 4 is 29.1 Å². The number of hydrogen-bond acceptors (Lipinski definition) is 6. The van der Waals surface area contributed by atoms with Crippen LogP contribution in [0.1, 0.15) is 25.6 Å². The first-order valence-electron chi connectivity index (χ1n) is 8.46. The van der Waals surface area contributed by atoms with E-state index >= 15 is 0 Å². The van der Waals surface area contributed by atoms with Crippen molar-refractivity contribution in [2.75, 3.05) is 19.0 Å². The smallest absolute Gasteiger partial charge is 0.274 e. The minimum atomic E-state index is -0.220. The number of hydrogen-bond donors (Lipinski definition) is 1. The lowest BCUT2D eigenvalue weighted by molar-refractivity contribution is -0.119. The maximum Gasteiger partial charge on any atom is 0.274 e. The minimum Gasteiger partial charge on any atom is -0.375 e. The summed E-state index contributed by atoms with van der Waals surface area (Å²) in [5.41, 5.74) is 1.17. The zero-order valence-electron chi connectivity index (χ0n) is 15.4. The number of anilines is 1. The molecule has 0 aliphatic carbocycles. The summed E-state index contributed by atoms with van der Waals surface area (Å²) in [5, 5.41) is 2.82. The summed E-state index contributed by atoms with van der Waals surface area (Å²) in [7, 11) is 1.47. The Hall–Kier alpha value is -2.65. The number of thioether (sulfide) groups is 1. The molecule has 0 fully saturated rings. The van der Waals surface area contributed by atoms with Crippen LogP contribution in [-0.2, 0) is 15.3 Å². The number of nitrogens with one attached hydrogen (secondary N) is 1. The fourth-order valence-corrected chi connectivity index (χ4v) is 3.48. The van der Waals surface area contributed by atoms with Crippen molar-refractivity contribution in [3.63, 3.8) is 0 Å². The molecule has 0 aliphatic heterocycles. The Bertz CT molecular complexity index is 1010. The Balaban J connectivity index is 1.80. The molecule has 27 heavy (non-hydrogen) atoms. The lowest BCUT2D eigenvalue weighted by Gasteiger charge is -2.11. The molecule has 8 nitrogen and oxygen atoms in total. The minimum absolute atomic E-state index is 0.00744. The van der Waals surface area contributed by atoms with Crippen LogP contribution in [0.2, 0.25) is 0 Å². The summed E-state index contributed by atoms with van der Waals surface area (Å²) < 4.78 is 8.07. The largest absolute Gasteiger partial charge is 0.375 e. The molecular formula is C18H21N5O3S. The summed E-state index contributed by atoms with van der Waals surface area (Å²) >= 11 is 1.49. The number of para-hydroxylation sites is 1. The molecule has 0 radical (unpaired) electrons. The van der Waals surface area contributed by atoms with E-state index in [2.05, 4.69) is 15.3 Å². The lowest BCUT2D eigenvalue weighted by atomic mass is 10.3. The first-order valence-corrected chi connectivity index (χ1v) is 9.44. The average Bonchev–Trinajstić information content (AvgIpc) is 3.06. The van der Waals surface area contributed by atoms with Crippen LogP contribution in [0.15, 0.2) is 46.3 Å². The molecule has 1 amide bonds. The summed E-state index contributed by atoms with van der Waals surface area (Å²) in [6.45, 7) is 3.95. The van der Waals surface area contributed by atoms with E-state index in [1.807, 2.05) is 38.1 Å². The SMILES string of the molecule is COCC(=O)Nc1ccccc1SCc1cc(=O)n2c(ncn2C(C)C)n1. The summed E-state index contributed by atoms with van der Waals surface area (Å²) in [5.74, 6) is 0.647. The summed E-state index contributed by atoms with van der Waals surface area (Å²) in [6.07, 6.45) is 1.62. The second-order valence-electron chi connectivity index (χ2n) is 6.18. The van der Waals surface area contributed by atoms with Gasteiger partial charge in [0.2, 0.25) is 5.91 Å². The zero-order chi connectivity index (χ0) is 19.4. The van der Waals surface area contributed by atoms with E-state index in [9.17, 15) is 9.59 Å². The number of ether oxygens (including phenoxy) is 1. The molecule has 0 saturated carbocycles. The van der Waals surface area contributed by atoms with Crippen molar-refractivity contribution in [3.05, 3.63) is 52.7 Å². The molecule has 1 aromatic carbocycles. The van der Waals surface area contributed by atoms with Crippen LogP contribution in [0.4, 0.5) is 5.69 Å². The molecule has 1 N–H and O–H groups in total. The molecule has 3 aromatic rings. The van der Waals surface area contributed by atoms with Gasteiger partial charge in [0, 0.05) is 29.9 Å². The Labute approximate surface area is 160 Å². The highest BCUT2D eigenvalue weighted by Gasteiger charge is 2.12. The zero-order valence-corrected chi connectivity index (χ0v) is 16.2. The van der Waals surface area contributed by atoms with E-state index in [-0.39, 0.29) is 24.1 Å². The molecule has 0 saturated heterocycles. The number of nitrogens with zero attached hydrogens (tertiary/aromatic N) is 4. The number of fused-ring (bicyclic) bond motifs is 1. The summed E-state index contributed by atoms with van der Waals surface area (Å²) in [4.78, 5) is 33.8. The van der Waals surface area contributed by atoms with Gasteiger partial charge in [-0.25, -0.2) is 4.98 Å². The quantitative estimate of drug-likeness (QED) is 0.626. The first kappa shape index (κ1) is 19.1. The third kappa shape index (κ3) is 4.37. The number of carbonyl (C=O) groups excluding carboxylic acids is 1. The molecule has 142 valence electrons. The molecule has 2 heterocycles. The normalized spacial score (nSPS) is 11.3. The van der Waals surface area contributed by atoms with E-state index in [0.29, 0.717) is 22.9 Å². The molecule has 2 aromatic heterocycles. The van der Waals surface area contributed by atoms with Crippen LogP contribution >= 0.6 is 11.8 Å². The molecule has 0 spiro atoms. The van der Waals surface area contributed by atoms with Crippen LogP contribution < -0.4 is 10.9 Å². The van der Waals surface area contributed by atoms with Crippen LogP contribution in [0.25, 0.3) is 5.78 Å². The number of carbonyl (C=O) groups is 1. The van der Waals surface area contributed by atoms with Gasteiger partial charge in [-0.2, -0.15) is 9.50 Å². The molecule has 0 bridgehead atoms. The number of aromatic nitrogens is 4. The van der Waals surface area contributed by atoms with Gasteiger partial charge in [0.05, 0.1) is 11.4 Å². The van der Waals surface area contributed by atoms with E-state index in [4.69, 9.17) is 4.74 Å². The van der Waals surface area contributed by atoms with Gasteiger partial charge in [-0.05, 0) is 26.0 Å². The Kier molecular flexibility index (Phi) is 5.92. The number of methoxy groups -OCH3 is 1. The number of benzene rings is 1. The molecule has 0 atom stereocenters. The van der Waals surface area contributed by atoms with E-state index < -0.39 is 0 Å². The van der Waals surface area contributed by atoms with Crippen molar-refractivity contribution in [1.82, 2.24) is 19.2 Å². The second kappa shape index (κ2) is 8.36. The molecular weight excluding hydrogens is 366 g/mol. The molecule has 0 unspecified atom stereocenters.